The van der Waals surface area contributed by atoms with E-state index in [2.05, 4.69) is 4.98 Å². The predicted octanol–water partition coefficient (Wildman–Crippen LogP) is 1.48. The van der Waals surface area contributed by atoms with Crippen LogP contribution in [0.5, 0.6) is 0 Å². The highest BCUT2D eigenvalue weighted by Crippen LogP contribution is 2.18. The Labute approximate surface area is 78.6 Å². The van der Waals surface area contributed by atoms with Gasteiger partial charge in [-0.25, -0.2) is 4.98 Å². The van der Waals surface area contributed by atoms with E-state index in [9.17, 15) is 18.0 Å². The Kier molecular flexibility index (Phi) is 2.93. The van der Waals surface area contributed by atoms with Gasteiger partial charge in [-0.3, -0.25) is 4.79 Å². The molecule has 0 fully saturated rings. The van der Waals surface area contributed by atoms with E-state index >= 15 is 0 Å². The molecule has 0 spiro atoms. The Hall–Kier alpha value is -1.33. The highest BCUT2D eigenvalue weighted by Gasteiger charge is 2.37. The van der Waals surface area contributed by atoms with Gasteiger partial charge in [0.15, 0.2) is 0 Å². The summed E-state index contributed by atoms with van der Waals surface area (Å²) in [6, 6.07) is 0. The molecule has 78 valence electrons. The summed E-state index contributed by atoms with van der Waals surface area (Å²) in [6.07, 6.45) is -2.16. The summed E-state index contributed by atoms with van der Waals surface area (Å²) in [4.78, 5) is 14.3. The molecule has 1 rings (SSSR count). The number of carbonyl (C=O) groups is 1. The lowest BCUT2D eigenvalue weighted by Gasteiger charge is -2.04. The van der Waals surface area contributed by atoms with Crippen LogP contribution in [0.4, 0.5) is 13.2 Å². The fraction of sp³-hybridized carbons (Fsp3) is 0.500. The molecular formula is C8H9F3N2O. The third-order valence-electron chi connectivity index (χ3n) is 1.81. The average molecular weight is 206 g/mol. The lowest BCUT2D eigenvalue weighted by molar-refractivity contribution is -0.171. The third kappa shape index (κ3) is 2.58. The van der Waals surface area contributed by atoms with Gasteiger partial charge >= 0.3 is 6.18 Å². The van der Waals surface area contributed by atoms with Crippen molar-refractivity contribution in [2.75, 3.05) is 0 Å². The number of hydrogen-bond donors (Lipinski definition) is 0. The maximum atomic E-state index is 11.8. The first-order valence-electron chi connectivity index (χ1n) is 3.97. The minimum absolute atomic E-state index is 0.0157. The van der Waals surface area contributed by atoms with E-state index in [0.29, 0.717) is 5.82 Å². The quantitative estimate of drug-likeness (QED) is 0.750. The van der Waals surface area contributed by atoms with Gasteiger partial charge < -0.3 is 4.57 Å². The van der Waals surface area contributed by atoms with Crippen LogP contribution in [-0.2, 0) is 18.3 Å². The lowest BCUT2D eigenvalue weighted by Crippen LogP contribution is -2.23. The summed E-state index contributed by atoms with van der Waals surface area (Å²) in [7, 11) is 1.67. The smallest absolute Gasteiger partial charge is 0.338 e. The van der Waals surface area contributed by atoms with Crippen molar-refractivity contribution in [3.05, 3.63) is 18.2 Å². The first-order chi connectivity index (χ1) is 6.41. The van der Waals surface area contributed by atoms with Gasteiger partial charge in [0.25, 0.3) is 0 Å². The van der Waals surface area contributed by atoms with Gasteiger partial charge in [0.1, 0.15) is 5.82 Å². The largest absolute Gasteiger partial charge is 0.449 e. The zero-order valence-corrected chi connectivity index (χ0v) is 7.51. The van der Waals surface area contributed by atoms with Gasteiger partial charge in [0.05, 0.1) is 0 Å². The van der Waals surface area contributed by atoms with Crippen molar-refractivity contribution in [3.8, 4) is 0 Å². The zero-order chi connectivity index (χ0) is 10.8. The van der Waals surface area contributed by atoms with Crippen molar-refractivity contribution < 1.29 is 18.0 Å². The molecule has 14 heavy (non-hydrogen) atoms. The summed E-state index contributed by atoms with van der Waals surface area (Å²) < 4.78 is 37.0. The Morgan fingerprint density at radius 3 is 2.64 bits per heavy atom. The SMILES string of the molecule is Cn1ccnc1CCC(=O)C(F)(F)F. The number of hydrogen-bond acceptors (Lipinski definition) is 2. The first kappa shape index (κ1) is 10.7. The summed E-state index contributed by atoms with van der Waals surface area (Å²) in [5.41, 5.74) is 0. The van der Waals surface area contributed by atoms with Crippen LogP contribution in [0.15, 0.2) is 12.4 Å². The van der Waals surface area contributed by atoms with E-state index < -0.39 is 18.4 Å². The van der Waals surface area contributed by atoms with E-state index in [4.69, 9.17) is 0 Å². The van der Waals surface area contributed by atoms with E-state index in [0.717, 1.165) is 0 Å². The standard InChI is InChI=1S/C8H9F3N2O/c1-13-5-4-12-7(13)3-2-6(14)8(9,10)11/h4-5H,2-3H2,1H3. The Morgan fingerprint density at radius 1 is 1.57 bits per heavy atom. The van der Waals surface area contributed by atoms with Gasteiger partial charge in [0, 0.05) is 32.3 Å². The minimum Gasteiger partial charge on any atom is -0.338 e. The summed E-state index contributed by atoms with van der Waals surface area (Å²) in [5, 5.41) is 0. The highest BCUT2D eigenvalue weighted by atomic mass is 19.4. The topological polar surface area (TPSA) is 34.9 Å². The number of alkyl halides is 3. The van der Waals surface area contributed by atoms with Gasteiger partial charge in [0.2, 0.25) is 5.78 Å². The average Bonchev–Trinajstić information content (AvgIpc) is 2.45. The molecule has 6 heteroatoms. The second-order valence-electron chi connectivity index (χ2n) is 2.88. The molecule has 3 nitrogen and oxygen atoms in total. The molecule has 0 aliphatic rings. The number of imidazole rings is 1. The summed E-state index contributed by atoms with van der Waals surface area (Å²) in [6.45, 7) is 0. The molecule has 0 atom stereocenters. The molecule has 1 heterocycles. The van der Waals surface area contributed by atoms with Crippen molar-refractivity contribution in [3.63, 3.8) is 0 Å². The van der Waals surface area contributed by atoms with Crippen LogP contribution in [0.2, 0.25) is 0 Å². The van der Waals surface area contributed by atoms with Crippen LogP contribution in [0.1, 0.15) is 12.2 Å². The summed E-state index contributed by atoms with van der Waals surface area (Å²) >= 11 is 0. The molecule has 0 N–H and O–H groups in total. The monoisotopic (exact) mass is 206 g/mol. The van der Waals surface area contributed by atoms with Crippen LogP contribution < -0.4 is 0 Å². The van der Waals surface area contributed by atoms with Crippen molar-refractivity contribution in [1.82, 2.24) is 9.55 Å². The van der Waals surface area contributed by atoms with E-state index in [1.807, 2.05) is 0 Å². The molecule has 0 unspecified atom stereocenters. The first-order valence-corrected chi connectivity index (χ1v) is 3.97. The molecule has 0 aromatic carbocycles. The molecule has 0 saturated heterocycles. The Balaban J connectivity index is 2.50. The van der Waals surface area contributed by atoms with Gasteiger partial charge in [-0.15, -0.1) is 0 Å². The lowest BCUT2D eigenvalue weighted by atomic mass is 10.2. The summed E-state index contributed by atoms with van der Waals surface area (Å²) in [5.74, 6) is -1.23. The second-order valence-corrected chi connectivity index (χ2v) is 2.88. The number of halogens is 3. The molecule has 0 saturated carbocycles. The molecule has 0 radical (unpaired) electrons. The second kappa shape index (κ2) is 3.81. The van der Waals surface area contributed by atoms with Crippen LogP contribution in [0.25, 0.3) is 0 Å². The Bertz CT molecular complexity index is 330. The molecule has 0 bridgehead atoms. The molecule has 0 amide bonds. The normalized spacial score (nSPS) is 11.7. The van der Waals surface area contributed by atoms with Gasteiger partial charge in [-0.05, 0) is 0 Å². The fourth-order valence-corrected chi connectivity index (χ4v) is 1.00. The fourth-order valence-electron chi connectivity index (χ4n) is 1.00. The molecule has 0 aliphatic carbocycles. The van der Waals surface area contributed by atoms with Gasteiger partial charge in [-0.2, -0.15) is 13.2 Å². The number of aryl methyl sites for hydroxylation is 2. The number of rotatable bonds is 3. The Morgan fingerprint density at radius 2 is 2.21 bits per heavy atom. The number of aromatic nitrogens is 2. The zero-order valence-electron chi connectivity index (χ0n) is 7.51. The van der Waals surface area contributed by atoms with Crippen molar-refractivity contribution >= 4 is 5.78 Å². The van der Waals surface area contributed by atoms with E-state index in [-0.39, 0.29) is 6.42 Å². The maximum Gasteiger partial charge on any atom is 0.449 e. The van der Waals surface area contributed by atoms with Crippen molar-refractivity contribution in [2.45, 2.75) is 19.0 Å². The van der Waals surface area contributed by atoms with Crippen molar-refractivity contribution in [1.29, 1.82) is 0 Å². The van der Waals surface area contributed by atoms with Crippen LogP contribution in [0.3, 0.4) is 0 Å². The van der Waals surface area contributed by atoms with E-state index in [1.165, 1.54) is 6.20 Å². The number of carbonyl (C=O) groups excluding carboxylic acids is 1. The number of ketones is 1. The molecule has 1 aromatic rings. The van der Waals surface area contributed by atoms with Crippen LogP contribution in [-0.4, -0.2) is 21.5 Å². The molecule has 0 aliphatic heterocycles. The highest BCUT2D eigenvalue weighted by molar-refractivity contribution is 5.84. The van der Waals surface area contributed by atoms with Crippen LogP contribution in [0, 0.1) is 0 Å². The third-order valence-corrected chi connectivity index (χ3v) is 1.81. The molecule has 1 aromatic heterocycles. The minimum atomic E-state index is -4.73. The molecular weight excluding hydrogens is 197 g/mol. The number of nitrogens with zero attached hydrogens (tertiary/aromatic N) is 2. The van der Waals surface area contributed by atoms with E-state index in [1.54, 1.807) is 17.8 Å². The maximum absolute atomic E-state index is 11.8. The number of Topliss-reactive ketones (excluding diaryl/α,β-unsaturated/α-hetero) is 1. The van der Waals surface area contributed by atoms with Crippen LogP contribution >= 0.6 is 0 Å². The predicted molar refractivity (Wildman–Crippen MR) is 42.6 cm³/mol. The van der Waals surface area contributed by atoms with Gasteiger partial charge in [-0.1, -0.05) is 0 Å². The van der Waals surface area contributed by atoms with Crippen molar-refractivity contribution in [2.24, 2.45) is 7.05 Å².